The molecule has 0 aliphatic rings. The van der Waals surface area contributed by atoms with Crippen molar-refractivity contribution in [2.24, 2.45) is 0 Å². The summed E-state index contributed by atoms with van der Waals surface area (Å²) in [5.74, 6) is -3.01. The summed E-state index contributed by atoms with van der Waals surface area (Å²) in [4.78, 5) is 23.0. The maximum Gasteiger partial charge on any atom is 0.513 e. The van der Waals surface area contributed by atoms with E-state index in [4.69, 9.17) is 5.39 Å². The smallest absolute Gasteiger partial charge is 0.498 e. The van der Waals surface area contributed by atoms with E-state index in [0.29, 0.717) is 0 Å². The molecule has 1 aromatic heterocycles. The van der Waals surface area contributed by atoms with Crippen molar-refractivity contribution in [3.8, 4) is 0 Å². The van der Waals surface area contributed by atoms with Crippen LogP contribution in [0.2, 0.25) is 0 Å². The molecule has 1 N–H and O–H groups in total. The molecule has 0 saturated heterocycles. The van der Waals surface area contributed by atoms with Crippen molar-refractivity contribution in [2.75, 3.05) is 7.11 Å². The van der Waals surface area contributed by atoms with Gasteiger partial charge in [-0.25, -0.2) is 4.79 Å². The van der Waals surface area contributed by atoms with Gasteiger partial charge >= 0.3 is 17.6 Å². The average Bonchev–Trinajstić information content (AvgIpc) is 2.78. The normalized spacial score (nSPS) is 11.3. The Morgan fingerprint density at radius 1 is 1.65 bits per heavy atom. The van der Waals surface area contributed by atoms with Crippen molar-refractivity contribution in [1.29, 1.82) is 5.39 Å². The highest BCUT2D eigenvalue weighted by Gasteiger charge is 2.33. The van der Waals surface area contributed by atoms with Crippen LogP contribution in [0.25, 0.3) is 10.7 Å². The summed E-state index contributed by atoms with van der Waals surface area (Å²) in [6, 6.07) is 2.01. The summed E-state index contributed by atoms with van der Waals surface area (Å²) < 4.78 is 8.81. The molecule has 17 heavy (non-hydrogen) atoms. The second kappa shape index (κ2) is 4.75. The van der Waals surface area contributed by atoms with Gasteiger partial charge in [-0.15, -0.1) is 0 Å². The monoisotopic (exact) mass is 240 g/mol. The van der Waals surface area contributed by atoms with Crippen molar-refractivity contribution >= 4 is 17.6 Å². The predicted molar refractivity (Wildman–Crippen MR) is 52.0 cm³/mol. The van der Waals surface area contributed by atoms with Crippen LogP contribution in [0.4, 0.5) is 5.88 Å². The zero-order chi connectivity index (χ0) is 13.0. The number of nitrogens with zero attached hydrogens (tertiary/aromatic N) is 3. The number of esters is 1. The van der Waals surface area contributed by atoms with Gasteiger partial charge in [-0.1, -0.05) is 0 Å². The molecule has 9 heteroatoms. The van der Waals surface area contributed by atoms with E-state index in [-0.39, 0.29) is 0 Å². The second-order valence-electron chi connectivity index (χ2n) is 2.68. The van der Waals surface area contributed by atoms with Crippen LogP contribution in [0.5, 0.6) is 0 Å². The molecule has 0 aromatic carbocycles. The van der Waals surface area contributed by atoms with Gasteiger partial charge in [0.25, 0.3) is 5.76 Å². The highest BCUT2D eigenvalue weighted by atomic mass is 16.6. The fraction of sp³-hybridized carbons (Fsp3) is 0.125. The third-order valence-electron chi connectivity index (χ3n) is 1.71. The Bertz CT molecular complexity index is 538. The highest BCUT2D eigenvalue weighted by Crippen LogP contribution is 2.24. The number of rotatable bonds is 3. The van der Waals surface area contributed by atoms with Crippen molar-refractivity contribution in [3.63, 3.8) is 0 Å². The molecule has 1 rings (SSSR count). The molecule has 1 aromatic rings. The first-order valence-electron chi connectivity index (χ1n) is 4.12. The van der Waals surface area contributed by atoms with Gasteiger partial charge in [0.1, 0.15) is 4.92 Å². The molecule has 1 heterocycles. The minimum atomic E-state index is -1.12. The number of aliphatic hydroxyl groups is 1. The Balaban J connectivity index is 3.21. The van der Waals surface area contributed by atoms with E-state index in [1.165, 1.54) is 0 Å². The van der Waals surface area contributed by atoms with Crippen LogP contribution < -0.4 is 0 Å². The number of carbonyl (C=O) groups is 1. The van der Waals surface area contributed by atoms with Crippen molar-refractivity contribution in [2.45, 2.75) is 0 Å². The molecule has 0 radical (unpaired) electrons. The van der Waals surface area contributed by atoms with Crippen molar-refractivity contribution in [3.05, 3.63) is 38.7 Å². The molecule has 0 bridgehead atoms. The predicted octanol–water partition coefficient (Wildman–Crippen LogP) is 1.44. The zero-order valence-corrected chi connectivity index (χ0v) is 8.48. The number of carbonyl (C=O) groups excluding carboxylic acids is 1. The van der Waals surface area contributed by atoms with Gasteiger partial charge < -0.3 is 14.3 Å². The summed E-state index contributed by atoms with van der Waals surface area (Å²) in [5, 5.41) is 28.3. The van der Waals surface area contributed by atoms with Gasteiger partial charge in [-0.2, -0.15) is 0 Å². The van der Waals surface area contributed by atoms with Gasteiger partial charge in [0, 0.05) is 0 Å². The first kappa shape index (κ1) is 12.2. The van der Waals surface area contributed by atoms with E-state index in [0.717, 1.165) is 19.2 Å². The Hall–Kier alpha value is -2.89. The lowest BCUT2D eigenvalue weighted by atomic mass is 10.3. The molecule has 0 amide bonds. The molecule has 0 aliphatic heterocycles. The van der Waals surface area contributed by atoms with E-state index >= 15 is 0 Å². The standard InChI is InChI=1S/C8H5N3O6/c1-16-8(13)6(10-9)7(12)4-2-3-5(17-4)11(14)15/h2-3H,1H3/p+1. The van der Waals surface area contributed by atoms with Crippen LogP contribution in [0.15, 0.2) is 22.2 Å². The largest absolute Gasteiger partial charge is 0.513 e. The van der Waals surface area contributed by atoms with Crippen molar-refractivity contribution in [1.82, 2.24) is 0 Å². The average molecular weight is 240 g/mol. The SMILES string of the molecule is COC(=O)/C([N+]#N)=C(\O)c1ccc([N+](=O)[O-])o1. The maximum atomic E-state index is 11.0. The van der Waals surface area contributed by atoms with E-state index < -0.39 is 34.0 Å². The van der Waals surface area contributed by atoms with E-state index in [2.05, 4.69) is 14.1 Å². The minimum absolute atomic E-state index is 0.394. The van der Waals surface area contributed by atoms with Crippen LogP contribution in [-0.4, -0.2) is 23.1 Å². The number of nitro groups is 1. The molecule has 0 saturated carbocycles. The number of furan rings is 1. The summed E-state index contributed by atoms with van der Waals surface area (Å²) in [6.45, 7) is 0. The lowest BCUT2D eigenvalue weighted by molar-refractivity contribution is -0.402. The Morgan fingerprint density at radius 2 is 2.29 bits per heavy atom. The fourth-order valence-corrected chi connectivity index (χ4v) is 0.951. The lowest BCUT2D eigenvalue weighted by Gasteiger charge is -1.91. The Labute approximate surface area is 93.7 Å². The lowest BCUT2D eigenvalue weighted by Crippen LogP contribution is -2.04. The Morgan fingerprint density at radius 3 is 2.71 bits per heavy atom. The molecule has 88 valence electrons. The molecule has 9 nitrogen and oxygen atoms in total. The molecular weight excluding hydrogens is 234 g/mol. The molecule has 0 spiro atoms. The van der Waals surface area contributed by atoms with Crippen LogP contribution in [0, 0.1) is 15.5 Å². The summed E-state index contributed by atoms with van der Waals surface area (Å²) in [7, 11) is 1.01. The minimum Gasteiger partial charge on any atom is -0.498 e. The van der Waals surface area contributed by atoms with Gasteiger partial charge in [0.15, 0.2) is 10.7 Å². The first-order valence-corrected chi connectivity index (χ1v) is 4.12. The summed E-state index contributed by atoms with van der Waals surface area (Å²) >= 11 is 0. The molecule has 0 fully saturated rings. The number of hydrogen-bond acceptors (Lipinski definition) is 7. The quantitative estimate of drug-likeness (QED) is 0.211. The Kier molecular flexibility index (Phi) is 3.41. The van der Waals surface area contributed by atoms with Crippen LogP contribution >= 0.6 is 0 Å². The van der Waals surface area contributed by atoms with Gasteiger partial charge in [0.2, 0.25) is 5.39 Å². The van der Waals surface area contributed by atoms with Gasteiger partial charge in [-0.05, 0) is 6.07 Å². The van der Waals surface area contributed by atoms with Gasteiger partial charge in [-0.3, -0.25) is 10.1 Å². The van der Waals surface area contributed by atoms with Crippen LogP contribution in [-0.2, 0) is 9.53 Å². The first-order chi connectivity index (χ1) is 8.01. The number of ether oxygens (including phenoxy) is 1. The number of hydrogen-bond donors (Lipinski definition) is 1. The number of diazo groups is 1. The molecular formula is C8H6N3O6+. The zero-order valence-electron chi connectivity index (χ0n) is 8.48. The van der Waals surface area contributed by atoms with E-state index in [1.54, 1.807) is 0 Å². The van der Waals surface area contributed by atoms with Crippen molar-refractivity contribution < 1.29 is 24.0 Å². The highest BCUT2D eigenvalue weighted by molar-refractivity contribution is 5.97. The van der Waals surface area contributed by atoms with E-state index in [1.807, 2.05) is 0 Å². The van der Waals surface area contributed by atoms with Gasteiger partial charge in [0.05, 0.1) is 13.2 Å². The molecule has 0 unspecified atom stereocenters. The molecule has 0 aliphatic carbocycles. The maximum absolute atomic E-state index is 11.0. The summed E-state index contributed by atoms with van der Waals surface area (Å²) in [5.41, 5.74) is -0.822. The second-order valence-corrected chi connectivity index (χ2v) is 2.68. The third kappa shape index (κ3) is 2.37. The number of methoxy groups -OCH3 is 1. The molecule has 0 atom stereocenters. The topological polar surface area (TPSA) is 131 Å². The van der Waals surface area contributed by atoms with Crippen LogP contribution in [0.1, 0.15) is 5.76 Å². The summed E-state index contributed by atoms with van der Waals surface area (Å²) in [6.07, 6.45) is 0. The fourth-order valence-electron chi connectivity index (χ4n) is 0.951. The number of aliphatic hydroxyl groups excluding tert-OH is 1. The van der Waals surface area contributed by atoms with Crippen LogP contribution in [0.3, 0.4) is 0 Å². The van der Waals surface area contributed by atoms with E-state index in [9.17, 15) is 20.0 Å². The third-order valence-corrected chi connectivity index (χ3v) is 1.71.